The maximum atomic E-state index is 13.3. The largest absolute Gasteiger partial charge is 0.501 e. The SMILES string of the molecule is CCN(CC)C[C@@H]1CN(C(=O)C[C@H](CSc2ccccc2)Nc2ccccc2S(=O)(=O)C(F)(F)F)CCO1. The van der Waals surface area contributed by atoms with Crippen LogP contribution in [0, 0.1) is 0 Å². The van der Waals surface area contributed by atoms with E-state index in [0.717, 1.165) is 24.1 Å². The number of nitrogens with one attached hydrogen (secondary N) is 1. The molecule has 1 N–H and O–H groups in total. The number of amides is 1. The van der Waals surface area contributed by atoms with Crippen LogP contribution in [0.3, 0.4) is 0 Å². The van der Waals surface area contributed by atoms with Crippen molar-refractivity contribution in [2.24, 2.45) is 0 Å². The number of morpholine rings is 1. The Kier molecular flexibility index (Phi) is 10.9. The highest BCUT2D eigenvalue weighted by Gasteiger charge is 2.48. The van der Waals surface area contributed by atoms with Crippen LogP contribution in [-0.4, -0.2) is 86.9 Å². The normalized spacial score (nSPS) is 17.4. The van der Waals surface area contributed by atoms with Gasteiger partial charge >= 0.3 is 5.51 Å². The van der Waals surface area contributed by atoms with Crippen LogP contribution in [0.25, 0.3) is 0 Å². The molecule has 1 amide bonds. The van der Waals surface area contributed by atoms with Crippen molar-refractivity contribution in [1.82, 2.24) is 9.80 Å². The second-order valence-electron chi connectivity index (χ2n) is 8.93. The number of likely N-dealkylation sites (N-methyl/N-ethyl adjacent to an activating group) is 1. The summed E-state index contributed by atoms with van der Waals surface area (Å²) in [6.07, 6.45) is -0.145. The number of benzene rings is 2. The van der Waals surface area contributed by atoms with Crippen molar-refractivity contribution in [2.45, 2.75) is 47.7 Å². The summed E-state index contributed by atoms with van der Waals surface area (Å²) < 4.78 is 70.3. The summed E-state index contributed by atoms with van der Waals surface area (Å²) in [7, 11) is -5.58. The smallest absolute Gasteiger partial charge is 0.380 e. The van der Waals surface area contributed by atoms with Gasteiger partial charge in [-0.15, -0.1) is 11.8 Å². The number of anilines is 1. The maximum absolute atomic E-state index is 13.3. The maximum Gasteiger partial charge on any atom is 0.501 e. The molecular weight excluding hydrogens is 539 g/mol. The number of rotatable bonds is 12. The zero-order valence-corrected chi connectivity index (χ0v) is 23.1. The Labute approximate surface area is 226 Å². The third-order valence-corrected chi connectivity index (χ3v) is 9.02. The number of thioether (sulfide) groups is 1. The van der Waals surface area contributed by atoms with E-state index >= 15 is 0 Å². The Hall–Kier alpha value is -2.28. The summed E-state index contributed by atoms with van der Waals surface area (Å²) in [6.45, 7) is 7.81. The quantitative estimate of drug-likeness (QED) is 0.375. The molecule has 3 rings (SSSR count). The van der Waals surface area contributed by atoms with E-state index in [1.807, 2.05) is 30.3 Å². The number of para-hydroxylation sites is 1. The molecule has 2 aromatic rings. The molecule has 0 radical (unpaired) electrons. The fraction of sp³-hybridized carbons (Fsp3) is 0.500. The predicted octanol–water partition coefficient (Wildman–Crippen LogP) is 4.51. The minimum atomic E-state index is -5.58. The van der Waals surface area contributed by atoms with E-state index < -0.39 is 26.3 Å². The van der Waals surface area contributed by atoms with E-state index in [1.54, 1.807) is 4.90 Å². The molecule has 0 aliphatic carbocycles. The molecule has 1 aliphatic heterocycles. The van der Waals surface area contributed by atoms with Crippen LogP contribution in [-0.2, 0) is 19.4 Å². The van der Waals surface area contributed by atoms with Gasteiger partial charge in [0.15, 0.2) is 0 Å². The van der Waals surface area contributed by atoms with E-state index in [4.69, 9.17) is 4.74 Å². The molecule has 1 fully saturated rings. The van der Waals surface area contributed by atoms with Gasteiger partial charge < -0.3 is 19.9 Å². The summed E-state index contributed by atoms with van der Waals surface area (Å²) in [5, 5.41) is 2.94. The predicted molar refractivity (Wildman–Crippen MR) is 143 cm³/mol. The standard InChI is InChI=1S/C26H34F3N3O4S2/c1-3-31(4-2)17-21-18-32(14-15-36-21)25(33)16-20(19-37-22-10-6-5-7-11-22)30-23-12-8-9-13-24(23)38(34,35)26(27,28)29/h5-13,20-21,30H,3-4,14-19H2,1-2H3/t20-,21-/m1/s1. The number of nitrogens with zero attached hydrogens (tertiary/aromatic N) is 2. The third kappa shape index (κ3) is 8.11. The number of carbonyl (C=O) groups excluding carboxylic acids is 1. The number of hydrogen-bond acceptors (Lipinski definition) is 7. The van der Waals surface area contributed by atoms with Gasteiger partial charge in [0.25, 0.3) is 9.84 Å². The van der Waals surface area contributed by atoms with E-state index in [-0.39, 0.29) is 24.1 Å². The van der Waals surface area contributed by atoms with Crippen molar-refractivity contribution >= 4 is 33.2 Å². The highest BCUT2D eigenvalue weighted by atomic mass is 32.2. The zero-order chi connectivity index (χ0) is 27.8. The van der Waals surface area contributed by atoms with Crippen LogP contribution in [0.1, 0.15) is 20.3 Å². The highest BCUT2D eigenvalue weighted by molar-refractivity contribution is 7.99. The van der Waals surface area contributed by atoms with Crippen molar-refractivity contribution in [3.8, 4) is 0 Å². The second kappa shape index (κ2) is 13.7. The molecule has 0 bridgehead atoms. The van der Waals surface area contributed by atoms with Crippen LogP contribution in [0.2, 0.25) is 0 Å². The van der Waals surface area contributed by atoms with E-state index in [2.05, 4.69) is 24.1 Å². The molecule has 0 aromatic heterocycles. The van der Waals surface area contributed by atoms with Gasteiger partial charge in [0, 0.05) is 42.7 Å². The Morgan fingerprint density at radius 3 is 2.45 bits per heavy atom. The second-order valence-corrected chi connectivity index (χ2v) is 11.9. The van der Waals surface area contributed by atoms with Crippen molar-refractivity contribution < 1.29 is 31.1 Å². The van der Waals surface area contributed by atoms with Crippen LogP contribution < -0.4 is 5.32 Å². The minimum absolute atomic E-state index is 0.0157. The first-order valence-electron chi connectivity index (χ1n) is 12.5. The van der Waals surface area contributed by atoms with E-state index in [0.29, 0.717) is 32.0 Å². The molecule has 12 heteroatoms. The first-order chi connectivity index (χ1) is 18.0. The molecule has 1 aliphatic rings. The monoisotopic (exact) mass is 573 g/mol. The first kappa shape index (κ1) is 30.3. The molecule has 38 heavy (non-hydrogen) atoms. The summed E-state index contributed by atoms with van der Waals surface area (Å²) >= 11 is 1.43. The summed E-state index contributed by atoms with van der Waals surface area (Å²) in [6, 6.07) is 13.7. The Morgan fingerprint density at radius 1 is 1.13 bits per heavy atom. The lowest BCUT2D eigenvalue weighted by atomic mass is 10.1. The molecule has 7 nitrogen and oxygen atoms in total. The van der Waals surface area contributed by atoms with Gasteiger partial charge in [0.05, 0.1) is 23.3 Å². The first-order valence-corrected chi connectivity index (χ1v) is 15.0. The van der Waals surface area contributed by atoms with Crippen LogP contribution in [0.15, 0.2) is 64.4 Å². The third-order valence-electron chi connectivity index (χ3n) is 6.30. The van der Waals surface area contributed by atoms with Crippen molar-refractivity contribution in [3.05, 3.63) is 54.6 Å². The molecule has 0 saturated carbocycles. The number of hydrogen-bond donors (Lipinski definition) is 1. The lowest BCUT2D eigenvalue weighted by Crippen LogP contribution is -2.50. The number of carbonyl (C=O) groups is 1. The lowest BCUT2D eigenvalue weighted by molar-refractivity contribution is -0.139. The lowest BCUT2D eigenvalue weighted by Gasteiger charge is -2.36. The van der Waals surface area contributed by atoms with Gasteiger partial charge in [-0.05, 0) is 37.4 Å². The summed E-state index contributed by atoms with van der Waals surface area (Å²) in [5.41, 5.74) is -5.62. The fourth-order valence-electron chi connectivity index (χ4n) is 4.20. The van der Waals surface area contributed by atoms with E-state index in [9.17, 15) is 26.4 Å². The minimum Gasteiger partial charge on any atom is -0.380 e. The number of halogens is 3. The van der Waals surface area contributed by atoms with Crippen molar-refractivity contribution in [3.63, 3.8) is 0 Å². The van der Waals surface area contributed by atoms with Gasteiger partial charge in [0.2, 0.25) is 5.91 Å². The highest BCUT2D eigenvalue weighted by Crippen LogP contribution is 2.35. The average molecular weight is 574 g/mol. The van der Waals surface area contributed by atoms with Crippen LogP contribution >= 0.6 is 11.8 Å². The molecular formula is C26H34F3N3O4S2. The average Bonchev–Trinajstić information content (AvgIpc) is 2.90. The number of sulfone groups is 1. The van der Waals surface area contributed by atoms with Gasteiger partial charge in [-0.2, -0.15) is 13.2 Å². The topological polar surface area (TPSA) is 79.0 Å². The number of ether oxygens (including phenoxy) is 1. The number of alkyl halides is 3. The Morgan fingerprint density at radius 2 is 1.79 bits per heavy atom. The fourth-order valence-corrected chi connectivity index (χ4v) is 6.06. The van der Waals surface area contributed by atoms with Crippen LogP contribution in [0.4, 0.5) is 18.9 Å². The molecule has 0 spiro atoms. The van der Waals surface area contributed by atoms with Gasteiger partial charge in [0.1, 0.15) is 0 Å². The van der Waals surface area contributed by atoms with E-state index in [1.165, 1.54) is 30.0 Å². The summed E-state index contributed by atoms with van der Waals surface area (Å²) in [4.78, 5) is 17.3. The molecule has 0 unspecified atom stereocenters. The van der Waals surface area contributed by atoms with Crippen molar-refractivity contribution in [1.29, 1.82) is 0 Å². The Bertz CT molecular complexity index is 1150. The van der Waals surface area contributed by atoms with Gasteiger partial charge in [-0.25, -0.2) is 8.42 Å². The molecule has 1 heterocycles. The zero-order valence-electron chi connectivity index (χ0n) is 21.5. The van der Waals surface area contributed by atoms with Gasteiger partial charge in [-0.3, -0.25) is 4.79 Å². The molecule has 2 atom stereocenters. The molecule has 2 aromatic carbocycles. The summed E-state index contributed by atoms with van der Waals surface area (Å²) in [5.74, 6) is 0.170. The Balaban J connectivity index is 1.79. The molecule has 1 saturated heterocycles. The molecule has 210 valence electrons. The van der Waals surface area contributed by atoms with Crippen molar-refractivity contribution in [2.75, 3.05) is 50.4 Å². The van der Waals surface area contributed by atoms with Crippen LogP contribution in [0.5, 0.6) is 0 Å². The van der Waals surface area contributed by atoms with Gasteiger partial charge in [-0.1, -0.05) is 44.2 Å².